The predicted molar refractivity (Wildman–Crippen MR) is 73.3 cm³/mol. The van der Waals surface area contributed by atoms with E-state index >= 15 is 0 Å². The van der Waals surface area contributed by atoms with Gasteiger partial charge in [0.15, 0.2) is 0 Å². The molecule has 0 aliphatic carbocycles. The van der Waals surface area contributed by atoms with E-state index in [9.17, 15) is 13.2 Å². The molecule has 18 heavy (non-hydrogen) atoms. The lowest BCUT2D eigenvalue weighted by Gasteiger charge is -2.02. The number of amides is 1. The van der Waals surface area contributed by atoms with E-state index in [0.29, 0.717) is 15.6 Å². The Balaban J connectivity index is 2.97. The summed E-state index contributed by atoms with van der Waals surface area (Å²) in [6, 6.07) is 4.76. The van der Waals surface area contributed by atoms with Crippen molar-refractivity contribution in [2.45, 2.75) is 0 Å². The van der Waals surface area contributed by atoms with Crippen molar-refractivity contribution in [2.24, 2.45) is 0 Å². The fourth-order valence-electron chi connectivity index (χ4n) is 1.05. The van der Waals surface area contributed by atoms with E-state index in [4.69, 9.17) is 34.8 Å². The highest BCUT2D eigenvalue weighted by molar-refractivity contribution is 7.93. The van der Waals surface area contributed by atoms with E-state index in [0.717, 1.165) is 5.41 Å². The molecule has 1 aromatic rings. The van der Waals surface area contributed by atoms with Gasteiger partial charge in [0.25, 0.3) is 10.0 Å². The Morgan fingerprint density at radius 1 is 1.28 bits per heavy atom. The molecular formula is C10H8Cl3NO3S. The van der Waals surface area contributed by atoms with Gasteiger partial charge in [-0.3, -0.25) is 4.79 Å². The topological polar surface area (TPSA) is 63.2 Å². The van der Waals surface area contributed by atoms with Crippen LogP contribution in [0.15, 0.2) is 23.6 Å². The van der Waals surface area contributed by atoms with Gasteiger partial charge < -0.3 is 0 Å². The third kappa shape index (κ3) is 4.49. The second kappa shape index (κ2) is 6.43. The minimum atomic E-state index is -3.91. The van der Waals surface area contributed by atoms with Crippen LogP contribution in [-0.4, -0.2) is 20.2 Å². The number of hydrogen-bond acceptors (Lipinski definition) is 3. The number of nitrogens with one attached hydrogen (secondary N) is 1. The monoisotopic (exact) mass is 327 g/mol. The van der Waals surface area contributed by atoms with Crippen molar-refractivity contribution >= 4 is 56.8 Å². The van der Waals surface area contributed by atoms with Crippen molar-refractivity contribution in [2.75, 3.05) is 5.88 Å². The maximum absolute atomic E-state index is 11.4. The molecule has 8 heteroatoms. The number of hydrogen-bond donors (Lipinski definition) is 1. The molecule has 1 rings (SSSR count). The van der Waals surface area contributed by atoms with Crippen molar-refractivity contribution < 1.29 is 13.2 Å². The van der Waals surface area contributed by atoms with Crippen molar-refractivity contribution in [3.63, 3.8) is 0 Å². The number of alkyl halides is 1. The van der Waals surface area contributed by atoms with E-state index in [1.54, 1.807) is 22.9 Å². The fraction of sp³-hybridized carbons (Fsp3) is 0.100. The van der Waals surface area contributed by atoms with Gasteiger partial charge in [-0.25, -0.2) is 13.1 Å². The Morgan fingerprint density at radius 3 is 2.33 bits per heavy atom. The lowest BCUT2D eigenvalue weighted by atomic mass is 10.2. The normalized spacial score (nSPS) is 11.7. The Morgan fingerprint density at radius 2 is 1.83 bits per heavy atom. The SMILES string of the molecule is O=C(CCl)NS(=O)(=O)C=Cc1c(Cl)cccc1Cl. The Kier molecular flexibility index (Phi) is 5.47. The highest BCUT2D eigenvalue weighted by Crippen LogP contribution is 2.25. The Labute approximate surface area is 120 Å². The summed E-state index contributed by atoms with van der Waals surface area (Å²) in [5, 5.41) is 1.40. The second-order valence-corrected chi connectivity index (χ2v) is 5.79. The molecule has 4 nitrogen and oxygen atoms in total. The average molecular weight is 329 g/mol. The molecule has 1 N–H and O–H groups in total. The smallest absolute Gasteiger partial charge is 0.257 e. The molecule has 0 spiro atoms. The molecule has 0 bridgehead atoms. The lowest BCUT2D eigenvalue weighted by Crippen LogP contribution is -2.29. The van der Waals surface area contributed by atoms with Crippen molar-refractivity contribution in [3.05, 3.63) is 39.2 Å². The third-order valence-electron chi connectivity index (χ3n) is 1.79. The molecule has 0 aliphatic rings. The first-order chi connectivity index (χ1) is 8.35. The standard InChI is InChI=1S/C10H8Cl3NO3S/c11-6-10(15)14-18(16,17)5-4-7-8(12)2-1-3-9(7)13/h1-5H,6H2,(H,14,15). The van der Waals surface area contributed by atoms with Gasteiger partial charge in [0.1, 0.15) is 5.88 Å². The summed E-state index contributed by atoms with van der Waals surface area (Å²) < 4.78 is 24.6. The van der Waals surface area contributed by atoms with Crippen LogP contribution in [0.3, 0.4) is 0 Å². The van der Waals surface area contributed by atoms with Crippen LogP contribution < -0.4 is 4.72 Å². The average Bonchev–Trinajstić information content (AvgIpc) is 2.27. The number of carbonyl (C=O) groups is 1. The van der Waals surface area contributed by atoms with Gasteiger partial charge in [0, 0.05) is 15.6 Å². The number of rotatable bonds is 4. The van der Waals surface area contributed by atoms with Crippen LogP contribution in [-0.2, 0) is 14.8 Å². The van der Waals surface area contributed by atoms with Crippen LogP contribution in [0.5, 0.6) is 0 Å². The summed E-state index contributed by atoms with van der Waals surface area (Å²) >= 11 is 16.9. The molecule has 98 valence electrons. The minimum absolute atomic E-state index is 0.303. The first-order valence-corrected chi connectivity index (χ1v) is 7.43. The largest absolute Gasteiger partial charge is 0.273 e. The van der Waals surface area contributed by atoms with E-state index in [-0.39, 0.29) is 0 Å². The van der Waals surface area contributed by atoms with Gasteiger partial charge in [-0.05, 0) is 18.2 Å². The van der Waals surface area contributed by atoms with Crippen LogP contribution in [0.4, 0.5) is 0 Å². The fourth-order valence-corrected chi connectivity index (χ4v) is 2.49. The first kappa shape index (κ1) is 15.3. The molecule has 0 aromatic heterocycles. The molecule has 0 aliphatic heterocycles. The zero-order chi connectivity index (χ0) is 13.8. The highest BCUT2D eigenvalue weighted by atomic mass is 35.5. The Hall–Kier alpha value is -0.750. The first-order valence-electron chi connectivity index (χ1n) is 4.59. The van der Waals surface area contributed by atoms with E-state index < -0.39 is 21.8 Å². The summed E-state index contributed by atoms with van der Waals surface area (Å²) in [5.41, 5.74) is 0.351. The van der Waals surface area contributed by atoms with Crippen LogP contribution in [0, 0.1) is 0 Å². The third-order valence-corrected chi connectivity index (χ3v) is 3.70. The quantitative estimate of drug-likeness (QED) is 0.864. The molecule has 0 unspecified atom stereocenters. The molecule has 0 saturated heterocycles. The molecular weight excluding hydrogens is 321 g/mol. The second-order valence-electron chi connectivity index (χ2n) is 3.14. The summed E-state index contributed by atoms with van der Waals surface area (Å²) in [5.74, 6) is -1.26. The number of sulfonamides is 1. The molecule has 1 amide bonds. The summed E-state index contributed by atoms with van der Waals surface area (Å²) in [6.45, 7) is 0. The summed E-state index contributed by atoms with van der Waals surface area (Å²) in [6.07, 6.45) is 1.20. The predicted octanol–water partition coefficient (Wildman–Crippen LogP) is 2.65. The maximum Gasteiger partial charge on any atom is 0.257 e. The zero-order valence-electron chi connectivity index (χ0n) is 8.86. The maximum atomic E-state index is 11.4. The summed E-state index contributed by atoms with van der Waals surface area (Å²) in [4.78, 5) is 10.9. The van der Waals surface area contributed by atoms with Gasteiger partial charge in [0.05, 0.1) is 5.41 Å². The van der Waals surface area contributed by atoms with E-state index in [1.165, 1.54) is 6.08 Å². The Bertz CT molecular complexity index is 564. The van der Waals surface area contributed by atoms with Crippen LogP contribution >= 0.6 is 34.8 Å². The molecule has 0 saturated carbocycles. The number of halogens is 3. The van der Waals surface area contributed by atoms with Gasteiger partial charge in [-0.1, -0.05) is 29.3 Å². The van der Waals surface area contributed by atoms with Crippen LogP contribution in [0.1, 0.15) is 5.56 Å². The van der Waals surface area contributed by atoms with Crippen molar-refractivity contribution in [3.8, 4) is 0 Å². The highest BCUT2D eigenvalue weighted by Gasteiger charge is 2.10. The minimum Gasteiger partial charge on any atom is -0.273 e. The van der Waals surface area contributed by atoms with E-state index in [2.05, 4.69) is 0 Å². The van der Waals surface area contributed by atoms with Crippen molar-refractivity contribution in [1.29, 1.82) is 0 Å². The molecule has 0 radical (unpaired) electrons. The number of benzene rings is 1. The van der Waals surface area contributed by atoms with Crippen LogP contribution in [0.25, 0.3) is 6.08 Å². The van der Waals surface area contributed by atoms with Gasteiger partial charge in [0.2, 0.25) is 5.91 Å². The summed E-state index contributed by atoms with van der Waals surface area (Å²) in [7, 11) is -3.91. The molecule has 0 fully saturated rings. The number of carbonyl (C=O) groups excluding carboxylic acids is 1. The van der Waals surface area contributed by atoms with Gasteiger partial charge in [-0.2, -0.15) is 0 Å². The van der Waals surface area contributed by atoms with Gasteiger partial charge >= 0.3 is 0 Å². The molecule has 0 heterocycles. The van der Waals surface area contributed by atoms with Crippen molar-refractivity contribution in [1.82, 2.24) is 4.72 Å². The zero-order valence-corrected chi connectivity index (χ0v) is 11.9. The molecule has 1 aromatic carbocycles. The van der Waals surface area contributed by atoms with E-state index in [1.807, 2.05) is 0 Å². The van der Waals surface area contributed by atoms with Crippen LogP contribution in [0.2, 0.25) is 10.0 Å². The lowest BCUT2D eigenvalue weighted by molar-refractivity contribution is -0.116. The van der Waals surface area contributed by atoms with Gasteiger partial charge in [-0.15, -0.1) is 11.6 Å². The molecule has 0 atom stereocenters.